The monoisotopic (exact) mass is 426 g/mol. The summed E-state index contributed by atoms with van der Waals surface area (Å²) >= 11 is 12.3. The minimum atomic E-state index is -3.91. The number of hydrogen-bond donors (Lipinski definition) is 2. The maximum atomic E-state index is 13.6. The first-order valence-electron chi connectivity index (χ1n) is 8.56. The molecule has 1 atom stereocenters. The molecule has 0 aromatic heterocycles. The largest absolute Gasteiger partial charge is 0.332 e. The van der Waals surface area contributed by atoms with Crippen LogP contribution in [0.1, 0.15) is 28.8 Å². The smallest absolute Gasteiger partial charge is 0.254 e. The highest BCUT2D eigenvalue weighted by atomic mass is 35.5. The zero-order chi connectivity index (χ0) is 19.7. The topological polar surface area (TPSA) is 75.3 Å². The van der Waals surface area contributed by atoms with Gasteiger partial charge >= 0.3 is 0 Å². The van der Waals surface area contributed by atoms with E-state index in [2.05, 4.69) is 10.6 Å². The van der Waals surface area contributed by atoms with E-state index in [0.29, 0.717) is 30.0 Å². The predicted octanol–water partition coefficient (Wildman–Crippen LogP) is 3.59. The number of benzene rings is 2. The zero-order valence-electron chi connectivity index (χ0n) is 14.8. The summed E-state index contributed by atoms with van der Waals surface area (Å²) in [6.45, 7) is 2.46. The van der Waals surface area contributed by atoms with E-state index in [-0.39, 0.29) is 22.0 Å². The Labute approximate surface area is 169 Å². The molecule has 0 aliphatic carbocycles. The summed E-state index contributed by atoms with van der Waals surface area (Å²) in [5.41, 5.74) is 0.707. The number of rotatable bonds is 4. The molecule has 0 radical (unpaired) electrons. The van der Waals surface area contributed by atoms with Gasteiger partial charge < -0.3 is 10.6 Å². The van der Waals surface area contributed by atoms with Crippen molar-refractivity contribution in [2.45, 2.75) is 29.5 Å². The first kappa shape index (κ1) is 20.1. The molecule has 1 amide bonds. The van der Waals surface area contributed by atoms with Crippen LogP contribution in [0.3, 0.4) is 0 Å². The van der Waals surface area contributed by atoms with Gasteiger partial charge in [-0.15, -0.1) is 0 Å². The molecule has 0 saturated carbocycles. The van der Waals surface area contributed by atoms with Gasteiger partial charge in [0.1, 0.15) is 0 Å². The van der Waals surface area contributed by atoms with E-state index in [0.717, 1.165) is 0 Å². The SMILES string of the molecule is Cc1c(Cl)cccc1S(=O)(=O)[C@@]1(NC(=O)c2ccccc2Cl)CCCNC1. The second-order valence-corrected chi connectivity index (χ2v) is 9.62. The molecule has 2 aromatic rings. The third kappa shape index (κ3) is 3.72. The molecule has 144 valence electrons. The lowest BCUT2D eigenvalue weighted by Gasteiger charge is -2.38. The fourth-order valence-corrected chi connectivity index (χ4v) is 5.87. The quantitative estimate of drug-likeness (QED) is 0.782. The average Bonchev–Trinajstić information content (AvgIpc) is 2.64. The predicted molar refractivity (Wildman–Crippen MR) is 107 cm³/mol. The van der Waals surface area contributed by atoms with E-state index < -0.39 is 20.6 Å². The Hall–Kier alpha value is -1.60. The Morgan fingerprint density at radius 1 is 1.11 bits per heavy atom. The fourth-order valence-electron chi connectivity index (χ4n) is 3.29. The van der Waals surface area contributed by atoms with Gasteiger partial charge in [0.15, 0.2) is 4.87 Å². The Kier molecular flexibility index (Phi) is 5.82. The van der Waals surface area contributed by atoms with E-state index in [1.54, 1.807) is 43.3 Å². The van der Waals surface area contributed by atoms with Crippen molar-refractivity contribution >= 4 is 38.9 Å². The Balaban J connectivity index is 2.06. The molecule has 5 nitrogen and oxygen atoms in total. The lowest BCUT2D eigenvalue weighted by Crippen LogP contribution is -2.62. The molecule has 2 N–H and O–H groups in total. The maximum Gasteiger partial charge on any atom is 0.254 e. The van der Waals surface area contributed by atoms with Gasteiger partial charge in [0.05, 0.1) is 15.5 Å². The molecule has 8 heteroatoms. The number of halogens is 2. The Bertz CT molecular complexity index is 971. The van der Waals surface area contributed by atoms with Crippen LogP contribution in [0.5, 0.6) is 0 Å². The third-order valence-electron chi connectivity index (χ3n) is 4.83. The highest BCUT2D eigenvalue weighted by molar-refractivity contribution is 7.93. The van der Waals surface area contributed by atoms with Crippen LogP contribution in [0.15, 0.2) is 47.4 Å². The molecule has 0 spiro atoms. The minimum absolute atomic E-state index is 0.109. The third-order valence-corrected chi connectivity index (χ3v) is 8.07. The van der Waals surface area contributed by atoms with Crippen molar-refractivity contribution in [2.75, 3.05) is 13.1 Å². The van der Waals surface area contributed by atoms with Crippen molar-refractivity contribution in [3.05, 3.63) is 63.6 Å². The molecular formula is C19H20Cl2N2O3S. The van der Waals surface area contributed by atoms with Gasteiger partial charge in [-0.25, -0.2) is 8.42 Å². The van der Waals surface area contributed by atoms with E-state index >= 15 is 0 Å². The number of amides is 1. The van der Waals surface area contributed by atoms with Crippen LogP contribution in [0.2, 0.25) is 10.0 Å². The molecule has 0 unspecified atom stereocenters. The van der Waals surface area contributed by atoms with Crippen LogP contribution >= 0.6 is 23.2 Å². The highest BCUT2D eigenvalue weighted by Gasteiger charge is 2.47. The number of hydrogen-bond acceptors (Lipinski definition) is 4. The summed E-state index contributed by atoms with van der Waals surface area (Å²) in [6.07, 6.45) is 0.909. The van der Waals surface area contributed by atoms with Crippen molar-refractivity contribution in [3.8, 4) is 0 Å². The Morgan fingerprint density at radius 2 is 1.81 bits per heavy atom. The van der Waals surface area contributed by atoms with Crippen LogP contribution in [0, 0.1) is 6.92 Å². The van der Waals surface area contributed by atoms with Crippen molar-refractivity contribution in [3.63, 3.8) is 0 Å². The second kappa shape index (κ2) is 7.80. The number of carbonyl (C=O) groups excluding carboxylic acids is 1. The fraction of sp³-hybridized carbons (Fsp3) is 0.316. The molecule has 27 heavy (non-hydrogen) atoms. The number of carbonyl (C=O) groups is 1. The molecule has 1 aliphatic rings. The van der Waals surface area contributed by atoms with Crippen LogP contribution in [0.4, 0.5) is 0 Å². The lowest BCUT2D eigenvalue weighted by molar-refractivity contribution is 0.0916. The Morgan fingerprint density at radius 3 is 2.48 bits per heavy atom. The average molecular weight is 427 g/mol. The molecule has 3 rings (SSSR count). The van der Waals surface area contributed by atoms with Gasteiger partial charge in [0.2, 0.25) is 9.84 Å². The van der Waals surface area contributed by atoms with E-state index in [9.17, 15) is 13.2 Å². The summed E-state index contributed by atoms with van der Waals surface area (Å²) in [7, 11) is -3.91. The van der Waals surface area contributed by atoms with Crippen LogP contribution in [0.25, 0.3) is 0 Å². The molecule has 0 bridgehead atoms. The summed E-state index contributed by atoms with van der Waals surface area (Å²) in [5.74, 6) is -0.521. The van der Waals surface area contributed by atoms with E-state index in [4.69, 9.17) is 23.2 Å². The molecule has 1 saturated heterocycles. The minimum Gasteiger partial charge on any atom is -0.332 e. The van der Waals surface area contributed by atoms with Crippen LogP contribution in [-0.2, 0) is 9.84 Å². The van der Waals surface area contributed by atoms with Crippen LogP contribution in [-0.4, -0.2) is 32.3 Å². The number of piperidine rings is 1. The highest BCUT2D eigenvalue weighted by Crippen LogP contribution is 2.34. The molecule has 1 fully saturated rings. The first-order chi connectivity index (χ1) is 12.8. The number of sulfone groups is 1. The van der Waals surface area contributed by atoms with Gasteiger partial charge in [0.25, 0.3) is 5.91 Å². The summed E-state index contributed by atoms with van der Waals surface area (Å²) in [5, 5.41) is 6.49. The molecule has 1 aliphatic heterocycles. The van der Waals surface area contributed by atoms with Crippen molar-refractivity contribution in [1.82, 2.24) is 10.6 Å². The van der Waals surface area contributed by atoms with Gasteiger partial charge in [-0.3, -0.25) is 4.79 Å². The standard InChI is InChI=1S/C19H20Cl2N2O3S/c1-13-15(20)8-4-9-17(13)27(25,26)19(10-5-11-22-12-19)23-18(24)14-6-2-3-7-16(14)21/h2-4,6-9,22H,5,10-12H2,1H3,(H,23,24)/t19-/m0/s1. The van der Waals surface area contributed by atoms with Crippen molar-refractivity contribution in [1.29, 1.82) is 0 Å². The van der Waals surface area contributed by atoms with Gasteiger partial charge in [-0.1, -0.05) is 41.4 Å². The van der Waals surface area contributed by atoms with Crippen LogP contribution < -0.4 is 10.6 Å². The van der Waals surface area contributed by atoms with E-state index in [1.165, 1.54) is 6.07 Å². The molecule has 2 aromatic carbocycles. The summed E-state index contributed by atoms with van der Waals surface area (Å²) < 4.78 is 27.2. The first-order valence-corrected chi connectivity index (χ1v) is 10.8. The summed E-state index contributed by atoms with van der Waals surface area (Å²) in [4.78, 5) is 11.5. The molecule has 1 heterocycles. The number of nitrogens with one attached hydrogen (secondary N) is 2. The van der Waals surface area contributed by atoms with Crippen molar-refractivity contribution < 1.29 is 13.2 Å². The van der Waals surface area contributed by atoms with Gasteiger partial charge in [0, 0.05) is 11.6 Å². The summed E-state index contributed by atoms with van der Waals surface area (Å²) in [6, 6.07) is 11.3. The zero-order valence-corrected chi connectivity index (χ0v) is 17.1. The van der Waals surface area contributed by atoms with Gasteiger partial charge in [-0.2, -0.15) is 0 Å². The normalized spacial score (nSPS) is 20.3. The lowest BCUT2D eigenvalue weighted by atomic mass is 10.1. The second-order valence-electron chi connectivity index (χ2n) is 6.57. The molecular weight excluding hydrogens is 407 g/mol. The van der Waals surface area contributed by atoms with E-state index in [1.807, 2.05) is 0 Å². The maximum absolute atomic E-state index is 13.6. The van der Waals surface area contributed by atoms with Crippen molar-refractivity contribution in [2.24, 2.45) is 0 Å². The van der Waals surface area contributed by atoms with Gasteiger partial charge in [-0.05, 0) is 56.1 Å².